The van der Waals surface area contributed by atoms with E-state index in [9.17, 15) is 18.4 Å². The van der Waals surface area contributed by atoms with Crippen LogP contribution in [0.2, 0.25) is 0 Å². The third-order valence-electron chi connectivity index (χ3n) is 6.98. The first-order chi connectivity index (χ1) is 16.5. The minimum absolute atomic E-state index is 0.115. The Morgan fingerprint density at radius 1 is 0.912 bits per heavy atom. The first kappa shape index (κ1) is 22.4. The lowest BCUT2D eigenvalue weighted by Gasteiger charge is -2.31. The zero-order valence-corrected chi connectivity index (χ0v) is 19.0. The Bertz CT molecular complexity index is 1210. The summed E-state index contributed by atoms with van der Waals surface area (Å²) in [5.41, 5.74) is 3.38. The number of ketones is 1. The Kier molecular flexibility index (Phi) is 6.26. The van der Waals surface area contributed by atoms with Gasteiger partial charge in [0.25, 0.3) is 5.91 Å². The second-order valence-electron chi connectivity index (χ2n) is 9.14. The van der Waals surface area contributed by atoms with E-state index in [1.54, 1.807) is 4.90 Å². The fourth-order valence-electron chi connectivity index (χ4n) is 5.13. The molecule has 2 aromatic carbocycles. The summed E-state index contributed by atoms with van der Waals surface area (Å²) in [5, 5.41) is 4.77. The van der Waals surface area contributed by atoms with Crippen molar-refractivity contribution in [2.24, 2.45) is 5.92 Å². The van der Waals surface area contributed by atoms with Crippen molar-refractivity contribution in [2.75, 3.05) is 13.1 Å². The largest absolute Gasteiger partial charge is 0.337 e. The molecule has 176 valence electrons. The molecule has 5 rings (SSSR count). The van der Waals surface area contributed by atoms with Crippen LogP contribution in [-0.2, 0) is 12.8 Å². The average molecular weight is 464 g/mol. The van der Waals surface area contributed by atoms with E-state index in [2.05, 4.69) is 0 Å². The second-order valence-corrected chi connectivity index (χ2v) is 9.14. The molecule has 0 N–H and O–H groups in total. The lowest BCUT2D eigenvalue weighted by atomic mass is 9.88. The molecule has 3 aromatic rings. The van der Waals surface area contributed by atoms with Crippen LogP contribution in [0.25, 0.3) is 5.69 Å². The zero-order chi connectivity index (χ0) is 23.7. The highest BCUT2D eigenvalue weighted by Gasteiger charge is 2.33. The number of amides is 1. The van der Waals surface area contributed by atoms with E-state index in [1.807, 2.05) is 35.0 Å². The van der Waals surface area contributed by atoms with Crippen molar-refractivity contribution in [3.05, 3.63) is 82.7 Å². The number of carbonyl (C=O) groups excluding carboxylic acids is 2. The van der Waals surface area contributed by atoms with Gasteiger partial charge in [0.1, 0.15) is 11.6 Å². The number of nitrogens with zero attached hydrogens (tertiary/aromatic N) is 3. The summed E-state index contributed by atoms with van der Waals surface area (Å²) in [6, 6.07) is 12.8. The minimum Gasteiger partial charge on any atom is -0.337 e. The van der Waals surface area contributed by atoms with Gasteiger partial charge in [0.15, 0.2) is 11.5 Å². The zero-order valence-electron chi connectivity index (χ0n) is 19.0. The molecule has 7 heteroatoms. The van der Waals surface area contributed by atoms with Crippen molar-refractivity contribution in [1.29, 1.82) is 0 Å². The number of para-hydroxylation sites is 1. The van der Waals surface area contributed by atoms with Gasteiger partial charge in [0.2, 0.25) is 0 Å². The number of fused-ring (bicyclic) bond motifs is 1. The summed E-state index contributed by atoms with van der Waals surface area (Å²) in [4.78, 5) is 28.1. The van der Waals surface area contributed by atoms with Gasteiger partial charge >= 0.3 is 0 Å². The van der Waals surface area contributed by atoms with Crippen LogP contribution in [0.5, 0.6) is 0 Å². The maximum absolute atomic E-state index is 14.1. The van der Waals surface area contributed by atoms with Gasteiger partial charge in [-0.15, -0.1) is 0 Å². The highest BCUT2D eigenvalue weighted by Crippen LogP contribution is 2.29. The third kappa shape index (κ3) is 4.27. The van der Waals surface area contributed by atoms with E-state index in [0.717, 1.165) is 67.2 Å². The Morgan fingerprint density at radius 2 is 1.65 bits per heavy atom. The maximum Gasteiger partial charge on any atom is 0.274 e. The first-order valence-electron chi connectivity index (χ1n) is 12.0. The lowest BCUT2D eigenvalue weighted by Crippen LogP contribution is -2.41. The molecule has 0 spiro atoms. The number of Topliss-reactive ketones (excluding diaryl/α,β-unsaturated/α-hetero) is 1. The molecule has 0 atom stereocenters. The SMILES string of the molecule is O=C(c1cc(F)ccc1F)C1CCN(C(=O)c2nn(-c3ccccc3)c3c2CCCCC3)CC1. The molecule has 1 aromatic heterocycles. The van der Waals surface area contributed by atoms with Crippen LogP contribution in [0.3, 0.4) is 0 Å². The Hall–Kier alpha value is -3.35. The second kappa shape index (κ2) is 9.49. The summed E-state index contributed by atoms with van der Waals surface area (Å²) in [7, 11) is 0. The Morgan fingerprint density at radius 3 is 2.41 bits per heavy atom. The van der Waals surface area contributed by atoms with Gasteiger partial charge < -0.3 is 4.90 Å². The van der Waals surface area contributed by atoms with E-state index >= 15 is 0 Å². The first-order valence-corrected chi connectivity index (χ1v) is 12.0. The number of hydrogen-bond donors (Lipinski definition) is 0. The van der Waals surface area contributed by atoms with Crippen LogP contribution < -0.4 is 0 Å². The summed E-state index contributed by atoms with van der Waals surface area (Å²) in [5.74, 6) is -2.28. The predicted molar refractivity (Wildman–Crippen MR) is 124 cm³/mol. The van der Waals surface area contributed by atoms with Crippen LogP contribution >= 0.6 is 0 Å². The lowest BCUT2D eigenvalue weighted by molar-refractivity contribution is 0.0643. The van der Waals surface area contributed by atoms with Crippen molar-refractivity contribution in [2.45, 2.75) is 44.9 Å². The third-order valence-corrected chi connectivity index (χ3v) is 6.98. The molecular weight excluding hydrogens is 436 g/mol. The van der Waals surface area contributed by atoms with Gasteiger partial charge in [-0.05, 0) is 68.9 Å². The number of carbonyl (C=O) groups is 2. The smallest absolute Gasteiger partial charge is 0.274 e. The number of halogens is 2. The van der Waals surface area contributed by atoms with Gasteiger partial charge in [-0.2, -0.15) is 5.10 Å². The van der Waals surface area contributed by atoms with E-state index in [1.165, 1.54) is 0 Å². The molecule has 0 saturated carbocycles. The van der Waals surface area contributed by atoms with Crippen molar-refractivity contribution in [3.8, 4) is 5.69 Å². The van der Waals surface area contributed by atoms with E-state index in [4.69, 9.17) is 5.10 Å². The molecule has 0 unspecified atom stereocenters. The van der Waals surface area contributed by atoms with E-state index < -0.39 is 23.3 Å². The van der Waals surface area contributed by atoms with Crippen molar-refractivity contribution >= 4 is 11.7 Å². The van der Waals surface area contributed by atoms with Crippen LogP contribution in [-0.4, -0.2) is 39.5 Å². The highest BCUT2D eigenvalue weighted by molar-refractivity contribution is 5.98. The molecule has 2 aliphatic rings. The van der Waals surface area contributed by atoms with E-state index in [0.29, 0.717) is 31.6 Å². The van der Waals surface area contributed by atoms with Crippen LogP contribution in [0.15, 0.2) is 48.5 Å². The number of aromatic nitrogens is 2. The Balaban J connectivity index is 1.35. The quantitative estimate of drug-likeness (QED) is 0.397. The summed E-state index contributed by atoms with van der Waals surface area (Å²) >= 11 is 0. The topological polar surface area (TPSA) is 55.2 Å². The van der Waals surface area contributed by atoms with Gasteiger partial charge in [-0.25, -0.2) is 13.5 Å². The van der Waals surface area contributed by atoms with Crippen LogP contribution in [0.4, 0.5) is 8.78 Å². The summed E-state index contributed by atoms with van der Waals surface area (Å²) in [6.07, 6.45) is 5.79. The van der Waals surface area contributed by atoms with Crippen molar-refractivity contribution in [1.82, 2.24) is 14.7 Å². The van der Waals surface area contributed by atoms with E-state index in [-0.39, 0.29) is 11.5 Å². The van der Waals surface area contributed by atoms with Crippen LogP contribution in [0.1, 0.15) is 64.2 Å². The summed E-state index contributed by atoms with van der Waals surface area (Å²) < 4.78 is 29.5. The predicted octanol–water partition coefficient (Wildman–Crippen LogP) is 5.15. The van der Waals surface area contributed by atoms with Crippen molar-refractivity contribution in [3.63, 3.8) is 0 Å². The molecule has 1 saturated heterocycles. The normalized spacial score (nSPS) is 16.7. The Labute approximate surface area is 197 Å². The number of likely N-dealkylation sites (tertiary alicyclic amines) is 1. The fraction of sp³-hybridized carbons (Fsp3) is 0.370. The molecule has 2 heterocycles. The van der Waals surface area contributed by atoms with Gasteiger partial charge in [0, 0.05) is 30.3 Å². The standard InChI is InChI=1S/C27H27F2N3O2/c28-19-11-12-23(29)22(17-19)26(33)18-13-15-31(16-14-18)27(34)25-21-9-5-2-6-10-24(21)32(30-25)20-7-3-1-4-8-20/h1,3-4,7-8,11-12,17-18H,2,5-6,9-10,13-16H2. The van der Waals surface area contributed by atoms with Crippen molar-refractivity contribution < 1.29 is 18.4 Å². The number of rotatable bonds is 4. The van der Waals surface area contributed by atoms with Gasteiger partial charge in [-0.3, -0.25) is 9.59 Å². The minimum atomic E-state index is -0.709. The molecule has 1 aliphatic heterocycles. The van der Waals surface area contributed by atoms with Gasteiger partial charge in [0.05, 0.1) is 11.3 Å². The maximum atomic E-state index is 14.1. The molecule has 0 bridgehead atoms. The number of hydrogen-bond acceptors (Lipinski definition) is 3. The molecular formula is C27H27F2N3O2. The fourth-order valence-corrected chi connectivity index (χ4v) is 5.13. The van der Waals surface area contributed by atoms with Crippen LogP contribution in [0, 0.1) is 17.6 Å². The molecule has 0 radical (unpaired) electrons. The monoisotopic (exact) mass is 463 g/mol. The van der Waals surface area contributed by atoms with Gasteiger partial charge in [-0.1, -0.05) is 24.6 Å². The number of piperidine rings is 1. The molecule has 5 nitrogen and oxygen atoms in total. The summed E-state index contributed by atoms with van der Waals surface area (Å²) in [6.45, 7) is 0.776. The molecule has 1 amide bonds. The molecule has 1 fully saturated rings. The average Bonchev–Trinajstić information content (AvgIpc) is 3.05. The number of benzene rings is 2. The molecule has 1 aliphatic carbocycles. The molecule has 34 heavy (non-hydrogen) atoms. The highest BCUT2D eigenvalue weighted by atomic mass is 19.1.